The summed E-state index contributed by atoms with van der Waals surface area (Å²) < 4.78 is 19.1. The van der Waals surface area contributed by atoms with Crippen LogP contribution in [-0.2, 0) is 14.3 Å². The molecule has 2 amide bonds. The Hall–Kier alpha value is -3.07. The molecule has 7 nitrogen and oxygen atoms in total. The Balaban J connectivity index is 1.99. The van der Waals surface area contributed by atoms with Crippen LogP contribution >= 0.6 is 11.3 Å². The van der Waals surface area contributed by atoms with Crippen LogP contribution in [0.25, 0.3) is 0 Å². The molecule has 29 heavy (non-hydrogen) atoms. The van der Waals surface area contributed by atoms with Crippen LogP contribution in [0.4, 0.5) is 10.1 Å². The highest BCUT2D eigenvalue weighted by molar-refractivity contribution is 7.12. The highest BCUT2D eigenvalue weighted by atomic mass is 32.1. The molecule has 1 atom stereocenters. The van der Waals surface area contributed by atoms with Gasteiger partial charge in [-0.05, 0) is 35.6 Å². The van der Waals surface area contributed by atoms with Crippen molar-refractivity contribution in [1.82, 2.24) is 5.32 Å². The van der Waals surface area contributed by atoms with Crippen LogP contribution in [0.1, 0.15) is 40.8 Å². The number of benzene rings is 1. The molecule has 9 heteroatoms. The van der Waals surface area contributed by atoms with Gasteiger partial charge in [0.05, 0.1) is 10.4 Å². The van der Waals surface area contributed by atoms with Crippen molar-refractivity contribution in [2.45, 2.75) is 26.8 Å². The molecule has 0 unspecified atom stereocenters. The number of hydrogen-bond donors (Lipinski definition) is 2. The average molecular weight is 420 g/mol. The summed E-state index contributed by atoms with van der Waals surface area (Å²) in [4.78, 5) is 48.2. The second-order valence-electron chi connectivity index (χ2n) is 6.58. The van der Waals surface area contributed by atoms with Crippen LogP contribution in [0.2, 0.25) is 0 Å². The molecule has 0 aliphatic heterocycles. The fourth-order valence-corrected chi connectivity index (χ4v) is 3.07. The SMILES string of the molecule is CC(=O)Nc1ccc(C(=O)COC(=O)[C@H](NC(=O)c2cccs2)C(C)C)c(F)c1. The Bertz CT molecular complexity index is 912. The summed E-state index contributed by atoms with van der Waals surface area (Å²) in [7, 11) is 0. The summed E-state index contributed by atoms with van der Waals surface area (Å²) in [6.07, 6.45) is 0. The number of carbonyl (C=O) groups is 4. The van der Waals surface area contributed by atoms with E-state index in [0.717, 1.165) is 6.07 Å². The Morgan fingerprint density at radius 2 is 1.90 bits per heavy atom. The van der Waals surface area contributed by atoms with Crippen LogP contribution in [-0.4, -0.2) is 36.2 Å². The van der Waals surface area contributed by atoms with E-state index in [4.69, 9.17) is 4.74 Å². The molecule has 1 aromatic heterocycles. The van der Waals surface area contributed by atoms with Crippen molar-refractivity contribution in [3.63, 3.8) is 0 Å². The second kappa shape index (κ2) is 9.92. The molecule has 1 aromatic carbocycles. The first-order valence-electron chi connectivity index (χ1n) is 8.80. The third kappa shape index (κ3) is 6.21. The van der Waals surface area contributed by atoms with Gasteiger partial charge in [-0.2, -0.15) is 0 Å². The summed E-state index contributed by atoms with van der Waals surface area (Å²) in [6, 6.07) is 5.97. The molecule has 0 bridgehead atoms. The van der Waals surface area contributed by atoms with Crippen LogP contribution in [0.3, 0.4) is 0 Å². The number of ether oxygens (including phenoxy) is 1. The lowest BCUT2D eigenvalue weighted by atomic mass is 10.0. The van der Waals surface area contributed by atoms with E-state index in [9.17, 15) is 23.6 Å². The van der Waals surface area contributed by atoms with Crippen molar-refractivity contribution in [1.29, 1.82) is 0 Å². The summed E-state index contributed by atoms with van der Waals surface area (Å²) in [6.45, 7) is 4.05. The third-order valence-corrected chi connectivity index (χ3v) is 4.76. The first-order chi connectivity index (χ1) is 13.7. The van der Waals surface area contributed by atoms with Crippen molar-refractivity contribution in [2.75, 3.05) is 11.9 Å². The van der Waals surface area contributed by atoms with Crippen molar-refractivity contribution in [3.05, 3.63) is 52.0 Å². The number of anilines is 1. The van der Waals surface area contributed by atoms with Crippen LogP contribution in [0.15, 0.2) is 35.7 Å². The molecule has 2 rings (SSSR count). The van der Waals surface area contributed by atoms with E-state index in [1.165, 1.54) is 30.4 Å². The molecule has 0 fully saturated rings. The van der Waals surface area contributed by atoms with Gasteiger partial charge in [0, 0.05) is 12.6 Å². The largest absolute Gasteiger partial charge is 0.456 e. The number of amides is 2. The number of carbonyl (C=O) groups excluding carboxylic acids is 4. The predicted octanol–water partition coefficient (Wildman–Crippen LogP) is 3.03. The van der Waals surface area contributed by atoms with Crippen LogP contribution in [0, 0.1) is 11.7 Å². The Kier molecular flexibility index (Phi) is 7.60. The summed E-state index contributed by atoms with van der Waals surface area (Å²) in [5.74, 6) is -3.44. The lowest BCUT2D eigenvalue weighted by molar-refractivity contribution is -0.146. The van der Waals surface area contributed by atoms with E-state index in [0.29, 0.717) is 4.88 Å². The number of esters is 1. The van der Waals surface area contributed by atoms with Crippen LogP contribution in [0.5, 0.6) is 0 Å². The predicted molar refractivity (Wildman–Crippen MR) is 106 cm³/mol. The maximum atomic E-state index is 14.1. The number of hydrogen-bond acceptors (Lipinski definition) is 6. The number of halogens is 1. The molecule has 0 aliphatic carbocycles. The van der Waals surface area contributed by atoms with Gasteiger partial charge in [0.25, 0.3) is 5.91 Å². The molecule has 1 heterocycles. The third-order valence-electron chi connectivity index (χ3n) is 3.89. The molecule has 0 saturated carbocycles. The van der Waals surface area contributed by atoms with E-state index in [-0.39, 0.29) is 23.1 Å². The molecule has 0 spiro atoms. The highest BCUT2D eigenvalue weighted by Crippen LogP contribution is 2.16. The Morgan fingerprint density at radius 3 is 2.45 bits per heavy atom. The molecular formula is C20H21FN2O5S. The van der Waals surface area contributed by atoms with Gasteiger partial charge >= 0.3 is 5.97 Å². The van der Waals surface area contributed by atoms with E-state index in [1.807, 2.05) is 0 Å². The number of Topliss-reactive ketones (excluding diaryl/α,β-unsaturated/α-hetero) is 1. The molecule has 2 aromatic rings. The lowest BCUT2D eigenvalue weighted by Gasteiger charge is -2.20. The standard InChI is InChI=1S/C20H21FN2O5S/c1-11(2)18(23-19(26)17-5-4-8-29-17)20(27)28-10-16(25)14-7-6-13(9-15(14)21)22-12(3)24/h4-9,11,18H,10H2,1-3H3,(H,22,24)(H,23,26)/t18-/m1/s1. The quantitative estimate of drug-likeness (QED) is 0.505. The maximum Gasteiger partial charge on any atom is 0.329 e. The summed E-state index contributed by atoms with van der Waals surface area (Å²) in [5.41, 5.74) is -0.0599. The molecule has 154 valence electrons. The summed E-state index contributed by atoms with van der Waals surface area (Å²) in [5, 5.41) is 6.73. The minimum atomic E-state index is -0.954. The van der Waals surface area contributed by atoms with E-state index >= 15 is 0 Å². The normalized spacial score (nSPS) is 11.6. The number of thiophene rings is 1. The van der Waals surface area contributed by atoms with E-state index in [1.54, 1.807) is 31.4 Å². The van der Waals surface area contributed by atoms with Gasteiger partial charge in [0.2, 0.25) is 11.7 Å². The molecule has 0 aliphatic rings. The topological polar surface area (TPSA) is 102 Å². The van der Waals surface area contributed by atoms with Crippen LogP contribution < -0.4 is 10.6 Å². The fourth-order valence-electron chi connectivity index (χ4n) is 2.44. The number of ketones is 1. The number of nitrogens with one attached hydrogen (secondary N) is 2. The highest BCUT2D eigenvalue weighted by Gasteiger charge is 2.27. The minimum absolute atomic E-state index is 0.208. The Morgan fingerprint density at radius 1 is 1.17 bits per heavy atom. The summed E-state index contributed by atoms with van der Waals surface area (Å²) >= 11 is 1.23. The van der Waals surface area contributed by atoms with Gasteiger partial charge in [-0.1, -0.05) is 19.9 Å². The van der Waals surface area contributed by atoms with Crippen molar-refractivity contribution in [2.24, 2.45) is 5.92 Å². The molecule has 0 saturated heterocycles. The Labute approximate surface area is 171 Å². The van der Waals surface area contributed by atoms with Gasteiger partial charge in [-0.3, -0.25) is 14.4 Å². The maximum absolute atomic E-state index is 14.1. The van der Waals surface area contributed by atoms with Gasteiger partial charge in [-0.15, -0.1) is 11.3 Å². The van der Waals surface area contributed by atoms with Gasteiger partial charge in [0.1, 0.15) is 11.9 Å². The van der Waals surface area contributed by atoms with Crippen molar-refractivity contribution >= 4 is 40.6 Å². The lowest BCUT2D eigenvalue weighted by Crippen LogP contribution is -2.45. The molecule has 2 N–H and O–H groups in total. The smallest absolute Gasteiger partial charge is 0.329 e. The number of rotatable bonds is 8. The van der Waals surface area contributed by atoms with Gasteiger partial charge in [0.15, 0.2) is 6.61 Å². The minimum Gasteiger partial charge on any atom is -0.456 e. The zero-order chi connectivity index (χ0) is 21.6. The molecular weight excluding hydrogens is 399 g/mol. The van der Waals surface area contributed by atoms with Crippen molar-refractivity contribution < 1.29 is 28.3 Å². The first-order valence-corrected chi connectivity index (χ1v) is 9.68. The van der Waals surface area contributed by atoms with Gasteiger partial charge in [-0.25, -0.2) is 9.18 Å². The zero-order valence-corrected chi connectivity index (χ0v) is 17.0. The van der Waals surface area contributed by atoms with Gasteiger partial charge < -0.3 is 15.4 Å². The fraction of sp³-hybridized carbons (Fsp3) is 0.300. The zero-order valence-electron chi connectivity index (χ0n) is 16.2. The second-order valence-corrected chi connectivity index (χ2v) is 7.53. The first kappa shape index (κ1) is 22.2. The van der Waals surface area contributed by atoms with Crippen molar-refractivity contribution in [3.8, 4) is 0 Å². The monoisotopic (exact) mass is 420 g/mol. The van der Waals surface area contributed by atoms with E-state index < -0.39 is 36.1 Å². The van der Waals surface area contributed by atoms with E-state index in [2.05, 4.69) is 10.6 Å². The average Bonchev–Trinajstić information content (AvgIpc) is 3.18. The molecule has 0 radical (unpaired) electrons.